The van der Waals surface area contributed by atoms with Crippen LogP contribution < -0.4 is 0 Å². The fraction of sp³-hybridized carbons (Fsp3) is 0.609. The van der Waals surface area contributed by atoms with Crippen molar-refractivity contribution in [2.24, 2.45) is 22.7 Å². The molecule has 2 aliphatic carbocycles. The van der Waals surface area contributed by atoms with E-state index in [4.69, 9.17) is 0 Å². The number of aldehydes is 1. The zero-order valence-electron chi connectivity index (χ0n) is 16.7. The van der Waals surface area contributed by atoms with Crippen LogP contribution in [0.3, 0.4) is 0 Å². The highest BCUT2D eigenvalue weighted by molar-refractivity contribution is 5.87. The molecular formula is C23H32O3. The zero-order chi connectivity index (χ0) is 19.3. The number of rotatable bonds is 2. The summed E-state index contributed by atoms with van der Waals surface area (Å²) in [5.74, 6) is 0.860. The Morgan fingerprint density at radius 3 is 2.46 bits per heavy atom. The van der Waals surface area contributed by atoms with Crippen molar-refractivity contribution in [1.82, 2.24) is 0 Å². The van der Waals surface area contributed by atoms with Gasteiger partial charge in [0.1, 0.15) is 11.5 Å². The molecule has 142 valence electrons. The van der Waals surface area contributed by atoms with Gasteiger partial charge in [0.25, 0.3) is 0 Å². The van der Waals surface area contributed by atoms with E-state index in [1.807, 2.05) is 0 Å². The largest absolute Gasteiger partial charge is 0.507 e. The maximum Gasteiger partial charge on any atom is 0.157 e. The van der Waals surface area contributed by atoms with Crippen LogP contribution in [-0.4, -0.2) is 16.5 Å². The van der Waals surface area contributed by atoms with E-state index < -0.39 is 0 Å². The number of hydrogen-bond acceptors (Lipinski definition) is 3. The van der Waals surface area contributed by atoms with Crippen molar-refractivity contribution in [3.8, 4) is 11.5 Å². The molecule has 0 bridgehead atoms. The molecule has 0 radical (unpaired) electrons. The van der Waals surface area contributed by atoms with Gasteiger partial charge in [-0.3, -0.25) is 4.79 Å². The first-order valence-electron chi connectivity index (χ1n) is 9.84. The van der Waals surface area contributed by atoms with E-state index in [0.29, 0.717) is 34.7 Å². The summed E-state index contributed by atoms with van der Waals surface area (Å²) in [5, 5.41) is 20.6. The summed E-state index contributed by atoms with van der Waals surface area (Å²) in [7, 11) is 0. The Kier molecular flexibility index (Phi) is 4.71. The van der Waals surface area contributed by atoms with Crippen LogP contribution in [0.4, 0.5) is 0 Å². The molecule has 2 N–H and O–H groups in total. The number of carbonyl (C=O) groups is 1. The normalized spacial score (nSPS) is 32.3. The predicted molar refractivity (Wildman–Crippen MR) is 106 cm³/mol. The Bertz CT molecular complexity index is 759. The van der Waals surface area contributed by atoms with Gasteiger partial charge in [0.15, 0.2) is 6.29 Å². The number of fused-ring (bicyclic) bond motifs is 1. The van der Waals surface area contributed by atoms with Crippen LogP contribution in [0.15, 0.2) is 11.6 Å². The Morgan fingerprint density at radius 2 is 1.81 bits per heavy atom. The topological polar surface area (TPSA) is 57.5 Å². The highest BCUT2D eigenvalue weighted by Crippen LogP contribution is 2.61. The maximum absolute atomic E-state index is 11.3. The van der Waals surface area contributed by atoms with E-state index in [1.165, 1.54) is 31.3 Å². The van der Waals surface area contributed by atoms with Gasteiger partial charge in [0.05, 0.1) is 5.56 Å². The third-order valence-electron chi connectivity index (χ3n) is 7.27. The van der Waals surface area contributed by atoms with Gasteiger partial charge in [-0.2, -0.15) is 0 Å². The minimum Gasteiger partial charge on any atom is -0.507 e. The van der Waals surface area contributed by atoms with Gasteiger partial charge in [-0.05, 0) is 66.9 Å². The molecule has 0 aromatic heterocycles. The molecule has 0 amide bonds. The number of allylic oxidation sites excluding steroid dienone is 1. The SMILES string of the molecule is Cc1cc(/C=C2\[C@@H](C)CC[C@H]3C(C)(C)CCC[C@]23C)c(O)c(C=O)c1O. The van der Waals surface area contributed by atoms with Crippen molar-refractivity contribution in [3.05, 3.63) is 28.3 Å². The van der Waals surface area contributed by atoms with Gasteiger partial charge in [-0.15, -0.1) is 0 Å². The third-order valence-corrected chi connectivity index (χ3v) is 7.27. The Hall–Kier alpha value is -1.77. The van der Waals surface area contributed by atoms with Gasteiger partial charge >= 0.3 is 0 Å². The quantitative estimate of drug-likeness (QED) is 0.652. The molecule has 3 nitrogen and oxygen atoms in total. The Balaban J connectivity index is 2.15. The van der Waals surface area contributed by atoms with E-state index in [2.05, 4.69) is 33.8 Å². The standard InChI is InChI=1S/C23H32O3/c1-14-7-8-19-22(3,4)9-6-10-23(19,5)18(14)12-16-11-15(2)20(25)17(13-24)21(16)26/h11-14,19,25-26H,6-10H2,1-5H3/b18-12+/t14-,19-,23+/m0/s1. The average molecular weight is 357 g/mol. The van der Waals surface area contributed by atoms with Gasteiger partial charge in [0, 0.05) is 5.56 Å². The minimum atomic E-state index is -0.126. The molecule has 26 heavy (non-hydrogen) atoms. The number of aryl methyl sites for hydroxylation is 1. The highest BCUT2D eigenvalue weighted by atomic mass is 16.3. The van der Waals surface area contributed by atoms with Crippen LogP contribution in [-0.2, 0) is 0 Å². The summed E-state index contributed by atoms with van der Waals surface area (Å²) < 4.78 is 0. The summed E-state index contributed by atoms with van der Waals surface area (Å²) in [5.41, 5.74) is 3.09. The van der Waals surface area contributed by atoms with E-state index >= 15 is 0 Å². The zero-order valence-corrected chi connectivity index (χ0v) is 16.7. The number of hydrogen-bond donors (Lipinski definition) is 2. The van der Waals surface area contributed by atoms with Crippen molar-refractivity contribution < 1.29 is 15.0 Å². The van der Waals surface area contributed by atoms with Crippen LogP contribution in [0.25, 0.3) is 6.08 Å². The summed E-state index contributed by atoms with van der Waals surface area (Å²) in [6.07, 6.45) is 8.73. The lowest BCUT2D eigenvalue weighted by Crippen LogP contribution is -2.47. The predicted octanol–water partition coefficient (Wildman–Crippen LogP) is 5.86. The van der Waals surface area contributed by atoms with Crippen molar-refractivity contribution in [2.75, 3.05) is 0 Å². The molecule has 1 aromatic carbocycles. The first-order chi connectivity index (χ1) is 12.1. The first-order valence-corrected chi connectivity index (χ1v) is 9.84. The van der Waals surface area contributed by atoms with Crippen molar-refractivity contribution in [2.45, 2.75) is 66.7 Å². The molecule has 0 heterocycles. The Morgan fingerprint density at radius 1 is 1.12 bits per heavy atom. The average Bonchev–Trinajstić information content (AvgIpc) is 2.55. The molecule has 2 aliphatic rings. The van der Waals surface area contributed by atoms with E-state index in [0.717, 1.165) is 6.42 Å². The van der Waals surface area contributed by atoms with Crippen LogP contribution in [0.5, 0.6) is 11.5 Å². The molecule has 2 saturated carbocycles. The first kappa shape index (κ1) is 19.0. The number of carbonyl (C=O) groups excluding carboxylic acids is 1. The van der Waals surface area contributed by atoms with E-state index in [1.54, 1.807) is 13.0 Å². The van der Waals surface area contributed by atoms with Gasteiger partial charge in [-0.25, -0.2) is 0 Å². The molecule has 0 aliphatic heterocycles. The van der Waals surface area contributed by atoms with Crippen molar-refractivity contribution in [1.29, 1.82) is 0 Å². The van der Waals surface area contributed by atoms with Crippen LogP contribution >= 0.6 is 0 Å². The van der Waals surface area contributed by atoms with E-state index in [-0.39, 0.29) is 22.5 Å². The lowest BCUT2D eigenvalue weighted by molar-refractivity contribution is -0.00534. The lowest BCUT2D eigenvalue weighted by atomic mass is 9.48. The fourth-order valence-electron chi connectivity index (χ4n) is 5.86. The van der Waals surface area contributed by atoms with E-state index in [9.17, 15) is 15.0 Å². The second-order valence-electron chi connectivity index (χ2n) is 9.40. The molecule has 3 heteroatoms. The number of phenols is 2. The Labute approximate surface area is 157 Å². The van der Waals surface area contributed by atoms with Crippen molar-refractivity contribution in [3.63, 3.8) is 0 Å². The maximum atomic E-state index is 11.3. The summed E-state index contributed by atoms with van der Waals surface area (Å²) in [6.45, 7) is 11.2. The molecular weight excluding hydrogens is 324 g/mol. The summed E-state index contributed by atoms with van der Waals surface area (Å²) in [6, 6.07) is 1.79. The summed E-state index contributed by atoms with van der Waals surface area (Å²) >= 11 is 0. The molecule has 2 fully saturated rings. The molecule has 0 unspecified atom stereocenters. The molecule has 3 rings (SSSR count). The second-order valence-corrected chi connectivity index (χ2v) is 9.40. The number of aromatic hydroxyl groups is 2. The molecule has 0 saturated heterocycles. The van der Waals surface area contributed by atoms with Crippen molar-refractivity contribution >= 4 is 12.4 Å². The van der Waals surface area contributed by atoms with Gasteiger partial charge in [-0.1, -0.05) is 45.8 Å². The van der Waals surface area contributed by atoms with Crippen LogP contribution in [0, 0.1) is 29.6 Å². The fourth-order valence-corrected chi connectivity index (χ4v) is 5.86. The lowest BCUT2D eigenvalue weighted by Gasteiger charge is -2.56. The number of benzene rings is 1. The summed E-state index contributed by atoms with van der Waals surface area (Å²) in [4.78, 5) is 11.3. The minimum absolute atomic E-state index is 0.00834. The highest BCUT2D eigenvalue weighted by Gasteiger charge is 2.51. The third kappa shape index (κ3) is 2.86. The van der Waals surface area contributed by atoms with Crippen LogP contribution in [0.2, 0.25) is 0 Å². The van der Waals surface area contributed by atoms with Crippen LogP contribution in [0.1, 0.15) is 81.3 Å². The molecule has 3 atom stereocenters. The van der Waals surface area contributed by atoms with Gasteiger partial charge < -0.3 is 10.2 Å². The monoisotopic (exact) mass is 356 g/mol. The molecule has 1 aromatic rings. The second kappa shape index (κ2) is 6.44. The molecule has 0 spiro atoms. The smallest absolute Gasteiger partial charge is 0.157 e. The number of phenolic OH excluding ortho intramolecular Hbond substituents is 2. The van der Waals surface area contributed by atoms with Gasteiger partial charge in [0.2, 0.25) is 0 Å².